The van der Waals surface area contributed by atoms with Gasteiger partial charge in [-0.15, -0.1) is 0 Å². The van der Waals surface area contributed by atoms with Crippen molar-refractivity contribution in [1.82, 2.24) is 0 Å². The Morgan fingerprint density at radius 2 is 0.962 bits per heavy atom. The van der Waals surface area contributed by atoms with Crippen molar-refractivity contribution < 1.29 is 18.9 Å². The molecule has 0 saturated heterocycles. The average Bonchev–Trinajstić information content (AvgIpc) is 2.54. The SMILES string of the molecule is CCOC(C)(OCC)PC(C)C(N)(CC)C(C)PC(C)(OCC)OCC. The molecule has 0 aliphatic carbocycles. The van der Waals surface area contributed by atoms with Crippen molar-refractivity contribution >= 4 is 17.2 Å². The molecule has 4 unspecified atom stereocenters. The van der Waals surface area contributed by atoms with E-state index in [1.807, 2.05) is 41.5 Å². The molecule has 5 nitrogen and oxygen atoms in total. The van der Waals surface area contributed by atoms with Crippen LogP contribution in [-0.2, 0) is 18.9 Å². The number of hydrogen-bond acceptors (Lipinski definition) is 5. The van der Waals surface area contributed by atoms with Gasteiger partial charge in [0.15, 0.2) is 11.1 Å². The Labute approximate surface area is 165 Å². The smallest absolute Gasteiger partial charge is 0.181 e. The molecule has 0 aromatic heterocycles. The molecule has 0 aromatic carbocycles. The van der Waals surface area contributed by atoms with Gasteiger partial charge in [0, 0.05) is 32.0 Å². The average molecular weight is 412 g/mol. The van der Waals surface area contributed by atoms with E-state index >= 15 is 0 Å². The van der Waals surface area contributed by atoms with Gasteiger partial charge in [-0.25, -0.2) is 0 Å². The molecule has 4 atom stereocenters. The zero-order valence-corrected chi connectivity index (χ0v) is 20.4. The highest BCUT2D eigenvalue weighted by Gasteiger charge is 2.43. The van der Waals surface area contributed by atoms with Crippen LogP contribution in [0.2, 0.25) is 0 Å². The Balaban J connectivity index is 5.32. The van der Waals surface area contributed by atoms with Crippen LogP contribution in [0.25, 0.3) is 0 Å². The van der Waals surface area contributed by atoms with Gasteiger partial charge < -0.3 is 24.7 Å². The Hall–Kier alpha value is 0.660. The van der Waals surface area contributed by atoms with Gasteiger partial charge >= 0.3 is 0 Å². The molecule has 2 N–H and O–H groups in total. The summed E-state index contributed by atoms with van der Waals surface area (Å²) in [6.45, 7) is 21.2. The minimum atomic E-state index is -0.575. The fraction of sp³-hybridized carbons (Fsp3) is 1.00. The van der Waals surface area contributed by atoms with Gasteiger partial charge in [0.2, 0.25) is 0 Å². The molecular weight excluding hydrogens is 368 g/mol. The maximum Gasteiger partial charge on any atom is 0.181 e. The first kappa shape index (κ1) is 26.7. The molecule has 0 aliphatic heterocycles. The third kappa shape index (κ3) is 7.95. The zero-order valence-electron chi connectivity index (χ0n) is 18.4. The topological polar surface area (TPSA) is 62.9 Å². The lowest BCUT2D eigenvalue weighted by molar-refractivity contribution is -0.156. The summed E-state index contributed by atoms with van der Waals surface area (Å²) in [5.41, 5.74) is 6.00. The van der Waals surface area contributed by atoms with E-state index in [0.29, 0.717) is 43.6 Å². The molecular formula is C19H43NO4P2. The minimum absolute atomic E-state index is 0.255. The zero-order chi connectivity index (χ0) is 20.4. The second kappa shape index (κ2) is 12.3. The van der Waals surface area contributed by atoms with Crippen molar-refractivity contribution in [3.05, 3.63) is 0 Å². The number of nitrogens with two attached hydrogens (primary N) is 1. The van der Waals surface area contributed by atoms with Crippen LogP contribution in [0.5, 0.6) is 0 Å². The number of rotatable bonds is 15. The molecule has 0 radical (unpaired) electrons. The molecule has 0 saturated carbocycles. The Kier molecular flexibility index (Phi) is 12.6. The van der Waals surface area contributed by atoms with E-state index in [1.165, 1.54) is 0 Å². The van der Waals surface area contributed by atoms with Gasteiger partial charge in [-0.05, 0) is 59.3 Å². The summed E-state index contributed by atoms with van der Waals surface area (Å²) in [4.78, 5) is 0. The number of ether oxygens (including phenoxy) is 4. The van der Waals surface area contributed by atoms with Crippen molar-refractivity contribution in [2.75, 3.05) is 26.4 Å². The van der Waals surface area contributed by atoms with Crippen LogP contribution in [0.3, 0.4) is 0 Å². The minimum Gasteiger partial charge on any atom is -0.347 e. The van der Waals surface area contributed by atoms with Crippen LogP contribution in [0.1, 0.15) is 68.7 Å². The van der Waals surface area contributed by atoms with Crippen molar-refractivity contribution in [1.29, 1.82) is 0 Å². The van der Waals surface area contributed by atoms with E-state index in [-0.39, 0.29) is 16.9 Å². The van der Waals surface area contributed by atoms with Crippen molar-refractivity contribution in [2.45, 2.75) is 96.6 Å². The lowest BCUT2D eigenvalue weighted by atomic mass is 9.90. The standard InChI is InChI=1S/C19H43NO4P2/c1-10-19(20,15(6)25-17(8,21-11-2)22-12-3)16(7)26-18(9,23-13-4)24-14-5/h15-16,25-26H,10-14,20H2,1-9H3. The fourth-order valence-electron chi connectivity index (χ4n) is 3.39. The van der Waals surface area contributed by atoms with Crippen LogP contribution in [0.4, 0.5) is 0 Å². The normalized spacial score (nSPS) is 18.7. The van der Waals surface area contributed by atoms with Crippen LogP contribution in [0, 0.1) is 0 Å². The highest BCUT2D eigenvalue weighted by atomic mass is 31.1. The van der Waals surface area contributed by atoms with Gasteiger partial charge in [0.1, 0.15) is 0 Å². The van der Waals surface area contributed by atoms with Crippen molar-refractivity contribution in [2.24, 2.45) is 5.73 Å². The fourth-order valence-corrected chi connectivity index (χ4v) is 7.49. The third-order valence-electron chi connectivity index (χ3n) is 4.86. The molecule has 0 heterocycles. The molecule has 0 rings (SSSR count). The Morgan fingerprint density at radius 3 is 1.15 bits per heavy atom. The Bertz CT molecular complexity index is 343. The van der Waals surface area contributed by atoms with Gasteiger partial charge in [-0.1, -0.05) is 37.9 Å². The van der Waals surface area contributed by atoms with Crippen molar-refractivity contribution in [3.63, 3.8) is 0 Å². The van der Waals surface area contributed by atoms with Gasteiger partial charge in [0.25, 0.3) is 0 Å². The van der Waals surface area contributed by atoms with E-state index in [1.54, 1.807) is 0 Å². The molecule has 7 heteroatoms. The summed E-state index contributed by atoms with van der Waals surface area (Å²) in [6, 6.07) is 0. The summed E-state index contributed by atoms with van der Waals surface area (Å²) in [6.07, 6.45) is 0.887. The monoisotopic (exact) mass is 411 g/mol. The van der Waals surface area contributed by atoms with Gasteiger partial charge in [0.05, 0.1) is 0 Å². The molecule has 0 spiro atoms. The molecule has 0 aromatic rings. The van der Waals surface area contributed by atoms with E-state index < -0.39 is 11.1 Å². The van der Waals surface area contributed by atoms with E-state index in [2.05, 4.69) is 20.8 Å². The van der Waals surface area contributed by atoms with Crippen LogP contribution in [-0.4, -0.2) is 54.3 Å². The molecule has 0 fully saturated rings. The molecule has 0 amide bonds. The van der Waals surface area contributed by atoms with E-state index in [4.69, 9.17) is 24.7 Å². The molecule has 26 heavy (non-hydrogen) atoms. The quantitative estimate of drug-likeness (QED) is 0.312. The lowest BCUT2D eigenvalue weighted by Crippen LogP contribution is -2.56. The second-order valence-electron chi connectivity index (χ2n) is 6.82. The van der Waals surface area contributed by atoms with Gasteiger partial charge in [-0.3, -0.25) is 0 Å². The first-order valence-electron chi connectivity index (χ1n) is 9.96. The predicted molar refractivity (Wildman–Crippen MR) is 116 cm³/mol. The van der Waals surface area contributed by atoms with Crippen molar-refractivity contribution in [3.8, 4) is 0 Å². The second-order valence-corrected chi connectivity index (χ2v) is 10.9. The Morgan fingerprint density at radius 1 is 0.692 bits per heavy atom. The highest BCUT2D eigenvalue weighted by molar-refractivity contribution is 7.41. The molecule has 158 valence electrons. The largest absolute Gasteiger partial charge is 0.347 e. The summed E-state index contributed by atoms with van der Waals surface area (Å²) in [5.74, 6) is 0. The number of hydrogen-bond donors (Lipinski definition) is 1. The summed E-state index contributed by atoms with van der Waals surface area (Å²) in [5, 5.41) is 0. The summed E-state index contributed by atoms with van der Waals surface area (Å²) in [7, 11) is 0.913. The molecule has 0 bridgehead atoms. The third-order valence-corrected chi connectivity index (χ3v) is 8.43. The maximum absolute atomic E-state index is 6.98. The maximum atomic E-state index is 6.98. The van der Waals surface area contributed by atoms with Crippen LogP contribution in [0.15, 0.2) is 0 Å². The first-order chi connectivity index (χ1) is 12.1. The molecule has 0 aliphatic rings. The van der Waals surface area contributed by atoms with Crippen LogP contribution < -0.4 is 5.73 Å². The predicted octanol–water partition coefficient (Wildman–Crippen LogP) is 4.72. The highest BCUT2D eigenvalue weighted by Crippen LogP contribution is 2.49. The summed E-state index contributed by atoms with van der Waals surface area (Å²) >= 11 is 0. The van der Waals surface area contributed by atoms with E-state index in [9.17, 15) is 0 Å². The lowest BCUT2D eigenvalue weighted by Gasteiger charge is -2.45. The first-order valence-corrected chi connectivity index (χ1v) is 12.1. The van der Waals surface area contributed by atoms with Gasteiger partial charge in [-0.2, -0.15) is 0 Å². The van der Waals surface area contributed by atoms with Crippen LogP contribution >= 0.6 is 17.2 Å². The summed E-state index contributed by atoms with van der Waals surface area (Å²) < 4.78 is 23.7. The van der Waals surface area contributed by atoms with E-state index in [0.717, 1.165) is 6.42 Å².